The van der Waals surface area contributed by atoms with Gasteiger partial charge in [-0.25, -0.2) is 0 Å². The average molecular weight is 249 g/mol. The lowest BCUT2D eigenvalue weighted by atomic mass is 10.1. The van der Waals surface area contributed by atoms with Crippen molar-refractivity contribution in [1.82, 2.24) is 5.32 Å². The lowest BCUT2D eigenvalue weighted by molar-refractivity contribution is 0.317. The van der Waals surface area contributed by atoms with E-state index in [0.717, 1.165) is 31.7 Å². The standard InChI is InChI=1S/C16H27NO/c1-4-6-11-17-14(3)13-15-7-9-16(10-8-15)18-12-5-2/h7-10,14,17H,4-6,11-13H2,1-3H3. The van der Waals surface area contributed by atoms with Crippen LogP contribution in [0.4, 0.5) is 0 Å². The van der Waals surface area contributed by atoms with E-state index in [-0.39, 0.29) is 0 Å². The molecule has 0 aromatic heterocycles. The Kier molecular flexibility index (Phi) is 7.51. The first-order chi connectivity index (χ1) is 8.76. The van der Waals surface area contributed by atoms with Crippen molar-refractivity contribution in [3.8, 4) is 5.75 Å². The molecule has 0 aliphatic carbocycles. The van der Waals surface area contributed by atoms with Crippen molar-refractivity contribution in [2.24, 2.45) is 0 Å². The first-order valence-corrected chi connectivity index (χ1v) is 7.21. The molecule has 0 radical (unpaired) electrons. The van der Waals surface area contributed by atoms with Crippen LogP contribution < -0.4 is 10.1 Å². The van der Waals surface area contributed by atoms with Crippen LogP contribution in [0.15, 0.2) is 24.3 Å². The summed E-state index contributed by atoms with van der Waals surface area (Å²) in [5, 5.41) is 3.55. The second kappa shape index (κ2) is 8.98. The highest BCUT2D eigenvalue weighted by molar-refractivity contribution is 5.27. The molecule has 0 aliphatic rings. The van der Waals surface area contributed by atoms with Gasteiger partial charge in [0.25, 0.3) is 0 Å². The van der Waals surface area contributed by atoms with Crippen molar-refractivity contribution in [1.29, 1.82) is 0 Å². The van der Waals surface area contributed by atoms with Gasteiger partial charge >= 0.3 is 0 Å². The van der Waals surface area contributed by atoms with Crippen LogP contribution in [0.5, 0.6) is 5.75 Å². The van der Waals surface area contributed by atoms with E-state index in [4.69, 9.17) is 4.74 Å². The van der Waals surface area contributed by atoms with Gasteiger partial charge < -0.3 is 10.1 Å². The summed E-state index contributed by atoms with van der Waals surface area (Å²) in [6, 6.07) is 9.03. The third-order valence-electron chi connectivity index (χ3n) is 2.96. The molecule has 0 saturated heterocycles. The molecule has 1 rings (SSSR count). The molecular weight excluding hydrogens is 222 g/mol. The summed E-state index contributed by atoms with van der Waals surface area (Å²) in [5.41, 5.74) is 1.37. The van der Waals surface area contributed by atoms with Gasteiger partial charge in [-0.05, 0) is 50.4 Å². The molecule has 1 atom stereocenters. The summed E-state index contributed by atoms with van der Waals surface area (Å²) in [4.78, 5) is 0. The first-order valence-electron chi connectivity index (χ1n) is 7.21. The minimum Gasteiger partial charge on any atom is -0.494 e. The SMILES string of the molecule is CCCCNC(C)Cc1ccc(OCCC)cc1. The Labute approximate surface area is 112 Å². The molecule has 0 amide bonds. The zero-order chi connectivity index (χ0) is 13.2. The molecule has 0 saturated carbocycles. The number of benzene rings is 1. The largest absolute Gasteiger partial charge is 0.494 e. The maximum absolute atomic E-state index is 5.58. The van der Waals surface area contributed by atoms with E-state index in [0.29, 0.717) is 6.04 Å². The van der Waals surface area contributed by atoms with Crippen LogP contribution in [-0.4, -0.2) is 19.2 Å². The summed E-state index contributed by atoms with van der Waals surface area (Å²) in [6.07, 6.45) is 4.65. The molecule has 102 valence electrons. The number of nitrogens with one attached hydrogen (secondary N) is 1. The van der Waals surface area contributed by atoms with Gasteiger partial charge in [0, 0.05) is 6.04 Å². The maximum atomic E-state index is 5.58. The number of hydrogen-bond donors (Lipinski definition) is 1. The Morgan fingerprint density at radius 2 is 1.83 bits per heavy atom. The van der Waals surface area contributed by atoms with Crippen molar-refractivity contribution in [2.75, 3.05) is 13.2 Å². The van der Waals surface area contributed by atoms with Crippen LogP contribution in [0.2, 0.25) is 0 Å². The van der Waals surface area contributed by atoms with E-state index in [1.54, 1.807) is 0 Å². The Morgan fingerprint density at radius 1 is 1.11 bits per heavy atom. The van der Waals surface area contributed by atoms with Crippen LogP contribution in [0, 0.1) is 0 Å². The smallest absolute Gasteiger partial charge is 0.119 e. The Hall–Kier alpha value is -1.02. The molecule has 1 aromatic rings. The molecule has 1 unspecified atom stereocenters. The fourth-order valence-electron chi connectivity index (χ4n) is 1.89. The highest BCUT2D eigenvalue weighted by Gasteiger charge is 2.02. The van der Waals surface area contributed by atoms with Gasteiger partial charge in [0.05, 0.1) is 6.61 Å². The minimum atomic E-state index is 0.541. The van der Waals surface area contributed by atoms with Crippen molar-refractivity contribution < 1.29 is 4.74 Å². The lowest BCUT2D eigenvalue weighted by Gasteiger charge is -2.14. The number of ether oxygens (including phenoxy) is 1. The molecule has 0 aliphatic heterocycles. The van der Waals surface area contributed by atoms with E-state index in [9.17, 15) is 0 Å². The van der Waals surface area contributed by atoms with Crippen LogP contribution in [0.3, 0.4) is 0 Å². The van der Waals surface area contributed by atoms with Gasteiger partial charge in [-0.2, -0.15) is 0 Å². The predicted molar refractivity (Wildman–Crippen MR) is 78.3 cm³/mol. The van der Waals surface area contributed by atoms with Gasteiger partial charge in [-0.3, -0.25) is 0 Å². The van der Waals surface area contributed by atoms with Gasteiger partial charge in [-0.1, -0.05) is 32.4 Å². The first kappa shape index (κ1) is 15.0. The van der Waals surface area contributed by atoms with Crippen molar-refractivity contribution in [3.05, 3.63) is 29.8 Å². The summed E-state index contributed by atoms with van der Waals surface area (Å²) in [6.45, 7) is 8.51. The predicted octanol–water partition coefficient (Wildman–Crippen LogP) is 3.80. The van der Waals surface area contributed by atoms with E-state index in [2.05, 4.69) is 50.4 Å². The third kappa shape index (κ3) is 6.06. The second-order valence-electron chi connectivity index (χ2n) is 4.91. The molecule has 1 N–H and O–H groups in total. The Balaban J connectivity index is 2.33. The molecule has 2 nitrogen and oxygen atoms in total. The van der Waals surface area contributed by atoms with E-state index in [1.807, 2.05) is 0 Å². The summed E-state index contributed by atoms with van der Waals surface area (Å²) < 4.78 is 5.58. The van der Waals surface area contributed by atoms with Gasteiger partial charge in [-0.15, -0.1) is 0 Å². The highest BCUT2D eigenvalue weighted by atomic mass is 16.5. The molecule has 0 spiro atoms. The third-order valence-corrected chi connectivity index (χ3v) is 2.96. The second-order valence-corrected chi connectivity index (χ2v) is 4.91. The topological polar surface area (TPSA) is 21.3 Å². The average Bonchev–Trinajstić information content (AvgIpc) is 2.38. The van der Waals surface area contributed by atoms with E-state index < -0.39 is 0 Å². The molecule has 0 bridgehead atoms. The maximum Gasteiger partial charge on any atom is 0.119 e. The highest BCUT2D eigenvalue weighted by Crippen LogP contribution is 2.13. The minimum absolute atomic E-state index is 0.541. The summed E-state index contributed by atoms with van der Waals surface area (Å²) in [7, 11) is 0. The Morgan fingerprint density at radius 3 is 2.44 bits per heavy atom. The van der Waals surface area contributed by atoms with E-state index in [1.165, 1.54) is 18.4 Å². The summed E-state index contributed by atoms with van der Waals surface area (Å²) in [5.74, 6) is 0.979. The fourth-order valence-corrected chi connectivity index (χ4v) is 1.89. The van der Waals surface area contributed by atoms with Crippen LogP contribution in [-0.2, 0) is 6.42 Å². The zero-order valence-electron chi connectivity index (χ0n) is 12.0. The zero-order valence-corrected chi connectivity index (χ0v) is 12.0. The number of rotatable bonds is 9. The molecule has 2 heteroatoms. The Bertz CT molecular complexity index is 307. The quantitative estimate of drug-likeness (QED) is 0.672. The summed E-state index contributed by atoms with van der Waals surface area (Å²) >= 11 is 0. The number of unbranched alkanes of at least 4 members (excludes halogenated alkanes) is 1. The lowest BCUT2D eigenvalue weighted by Crippen LogP contribution is -2.28. The van der Waals surface area contributed by atoms with Crippen molar-refractivity contribution in [2.45, 2.75) is 52.5 Å². The molecule has 1 aromatic carbocycles. The van der Waals surface area contributed by atoms with Crippen molar-refractivity contribution in [3.63, 3.8) is 0 Å². The van der Waals surface area contributed by atoms with Gasteiger partial charge in [0.1, 0.15) is 5.75 Å². The van der Waals surface area contributed by atoms with Crippen LogP contribution in [0.25, 0.3) is 0 Å². The van der Waals surface area contributed by atoms with Gasteiger partial charge in [0.2, 0.25) is 0 Å². The molecule has 0 fully saturated rings. The molecular formula is C16H27NO. The number of hydrogen-bond acceptors (Lipinski definition) is 2. The monoisotopic (exact) mass is 249 g/mol. The van der Waals surface area contributed by atoms with E-state index >= 15 is 0 Å². The molecule has 18 heavy (non-hydrogen) atoms. The van der Waals surface area contributed by atoms with Gasteiger partial charge in [0.15, 0.2) is 0 Å². The van der Waals surface area contributed by atoms with Crippen molar-refractivity contribution >= 4 is 0 Å². The normalized spacial score (nSPS) is 12.4. The van der Waals surface area contributed by atoms with Crippen LogP contribution >= 0.6 is 0 Å². The molecule has 0 heterocycles. The fraction of sp³-hybridized carbons (Fsp3) is 0.625. The van der Waals surface area contributed by atoms with Crippen LogP contribution in [0.1, 0.15) is 45.6 Å².